The van der Waals surface area contributed by atoms with E-state index in [9.17, 15) is 0 Å². The molecule has 0 saturated heterocycles. The molecular weight excluding hydrogens is 246 g/mol. The van der Waals surface area contributed by atoms with Crippen LogP contribution in [0.5, 0.6) is 0 Å². The number of nitrogens with one attached hydrogen (secondary N) is 2. The first-order chi connectivity index (χ1) is 9.31. The van der Waals surface area contributed by atoms with Crippen molar-refractivity contribution in [1.82, 2.24) is 9.97 Å². The highest BCUT2D eigenvalue weighted by Crippen LogP contribution is 2.22. The average Bonchev–Trinajstić information content (AvgIpc) is 2.93. The molecule has 2 heterocycles. The summed E-state index contributed by atoms with van der Waals surface area (Å²) in [4.78, 5) is 8.20. The van der Waals surface area contributed by atoms with Crippen LogP contribution < -0.4 is 16.4 Å². The molecule has 7 nitrogen and oxygen atoms in total. The Morgan fingerprint density at radius 3 is 2.79 bits per heavy atom. The summed E-state index contributed by atoms with van der Waals surface area (Å²) >= 11 is 0. The molecule has 0 bridgehead atoms. The van der Waals surface area contributed by atoms with Crippen molar-refractivity contribution in [1.29, 1.82) is 0 Å². The lowest BCUT2D eigenvalue weighted by atomic mass is 10.4. The van der Waals surface area contributed by atoms with E-state index in [2.05, 4.69) is 20.6 Å². The predicted molar refractivity (Wildman–Crippen MR) is 72.8 cm³/mol. The number of hydrogen-bond donors (Lipinski definition) is 3. The summed E-state index contributed by atoms with van der Waals surface area (Å²) in [5, 5.41) is 6.19. The van der Waals surface area contributed by atoms with Crippen LogP contribution in [-0.4, -0.2) is 30.2 Å². The minimum Gasteiger partial charge on any atom is -0.467 e. The van der Waals surface area contributed by atoms with E-state index >= 15 is 0 Å². The van der Waals surface area contributed by atoms with Crippen LogP contribution in [0.15, 0.2) is 29.1 Å². The fraction of sp³-hybridized carbons (Fsp3) is 0.333. The number of furan rings is 1. The van der Waals surface area contributed by atoms with Crippen LogP contribution in [0.2, 0.25) is 0 Å². The lowest BCUT2D eigenvalue weighted by Gasteiger charge is -2.11. The number of anilines is 3. The second-order valence-corrected chi connectivity index (χ2v) is 3.84. The van der Waals surface area contributed by atoms with E-state index in [1.54, 1.807) is 13.4 Å². The summed E-state index contributed by atoms with van der Waals surface area (Å²) in [6, 6.07) is 3.71. The van der Waals surface area contributed by atoms with Gasteiger partial charge in [-0.25, -0.2) is 9.97 Å². The largest absolute Gasteiger partial charge is 0.467 e. The Morgan fingerprint density at radius 2 is 2.11 bits per heavy atom. The Hall–Kier alpha value is -2.28. The minimum absolute atomic E-state index is 0.477. The summed E-state index contributed by atoms with van der Waals surface area (Å²) in [5.41, 5.74) is 6.46. The molecular formula is C12H17N5O2. The third-order valence-electron chi connectivity index (χ3n) is 2.49. The Kier molecular flexibility index (Phi) is 4.57. The molecule has 0 aliphatic rings. The minimum atomic E-state index is 0.477. The van der Waals surface area contributed by atoms with Gasteiger partial charge in [-0.15, -0.1) is 0 Å². The number of aromatic nitrogens is 2. The van der Waals surface area contributed by atoms with Gasteiger partial charge in [-0.2, -0.15) is 0 Å². The van der Waals surface area contributed by atoms with Crippen molar-refractivity contribution in [2.24, 2.45) is 0 Å². The predicted octanol–water partition coefficient (Wildman–Crippen LogP) is 1.32. The van der Waals surface area contributed by atoms with Gasteiger partial charge in [-0.1, -0.05) is 0 Å². The van der Waals surface area contributed by atoms with Gasteiger partial charge in [-0.05, 0) is 12.1 Å². The van der Waals surface area contributed by atoms with Crippen LogP contribution >= 0.6 is 0 Å². The second-order valence-electron chi connectivity index (χ2n) is 3.84. The third kappa shape index (κ3) is 3.59. The fourth-order valence-corrected chi connectivity index (χ4v) is 1.53. The standard InChI is InChI=1S/C12H17N5O2/c1-18-6-4-14-11-10(13)12(17-8-16-11)15-7-9-3-2-5-19-9/h2-3,5,8H,4,6-7,13H2,1H3,(H2,14,15,16,17). The molecule has 2 rings (SSSR count). The Labute approximate surface area is 111 Å². The second kappa shape index (κ2) is 6.60. The van der Waals surface area contributed by atoms with Crippen LogP contribution in [0.4, 0.5) is 17.3 Å². The monoisotopic (exact) mass is 263 g/mol. The molecule has 0 radical (unpaired) electrons. The van der Waals surface area contributed by atoms with Gasteiger partial charge in [0, 0.05) is 13.7 Å². The maximum absolute atomic E-state index is 5.98. The quantitative estimate of drug-likeness (QED) is 0.648. The molecule has 0 aliphatic heterocycles. The molecule has 0 amide bonds. The van der Waals surface area contributed by atoms with Crippen molar-refractivity contribution < 1.29 is 9.15 Å². The third-order valence-corrected chi connectivity index (χ3v) is 2.49. The maximum Gasteiger partial charge on any atom is 0.155 e. The van der Waals surface area contributed by atoms with E-state index in [-0.39, 0.29) is 0 Å². The van der Waals surface area contributed by atoms with Gasteiger partial charge in [0.25, 0.3) is 0 Å². The summed E-state index contributed by atoms with van der Waals surface area (Å²) in [6.07, 6.45) is 3.08. The first-order valence-corrected chi connectivity index (χ1v) is 5.91. The summed E-state index contributed by atoms with van der Waals surface area (Å²) in [5.74, 6) is 1.98. The number of methoxy groups -OCH3 is 1. The zero-order valence-electron chi connectivity index (χ0n) is 10.7. The number of hydrogen-bond acceptors (Lipinski definition) is 7. The molecule has 0 fully saturated rings. The average molecular weight is 263 g/mol. The zero-order chi connectivity index (χ0) is 13.5. The van der Waals surface area contributed by atoms with E-state index in [0.717, 1.165) is 5.76 Å². The van der Waals surface area contributed by atoms with Gasteiger partial charge in [0.15, 0.2) is 11.6 Å². The molecule has 19 heavy (non-hydrogen) atoms. The number of nitrogens with zero attached hydrogens (tertiary/aromatic N) is 2. The molecule has 0 saturated carbocycles. The van der Waals surface area contributed by atoms with E-state index < -0.39 is 0 Å². The first-order valence-electron chi connectivity index (χ1n) is 5.91. The molecule has 2 aromatic rings. The zero-order valence-corrected chi connectivity index (χ0v) is 10.7. The lowest BCUT2D eigenvalue weighted by Crippen LogP contribution is -2.13. The smallest absolute Gasteiger partial charge is 0.155 e. The van der Waals surface area contributed by atoms with Gasteiger partial charge in [-0.3, -0.25) is 0 Å². The van der Waals surface area contributed by atoms with Crippen molar-refractivity contribution in [3.8, 4) is 0 Å². The molecule has 0 aliphatic carbocycles. The van der Waals surface area contributed by atoms with Crippen molar-refractivity contribution in [2.45, 2.75) is 6.54 Å². The fourth-order valence-electron chi connectivity index (χ4n) is 1.53. The van der Waals surface area contributed by atoms with E-state index in [1.807, 2.05) is 12.1 Å². The number of ether oxygens (including phenoxy) is 1. The molecule has 0 unspecified atom stereocenters. The summed E-state index contributed by atoms with van der Waals surface area (Å²) < 4.78 is 10.2. The Morgan fingerprint density at radius 1 is 1.32 bits per heavy atom. The molecule has 102 valence electrons. The normalized spacial score (nSPS) is 10.4. The molecule has 0 aromatic carbocycles. The molecule has 0 atom stereocenters. The van der Waals surface area contributed by atoms with Gasteiger partial charge in [0.05, 0.1) is 19.4 Å². The maximum atomic E-state index is 5.98. The summed E-state index contributed by atoms with van der Waals surface area (Å²) in [6.45, 7) is 1.74. The van der Waals surface area contributed by atoms with Crippen LogP contribution in [-0.2, 0) is 11.3 Å². The summed E-state index contributed by atoms with van der Waals surface area (Å²) in [7, 11) is 1.64. The van der Waals surface area contributed by atoms with Gasteiger partial charge in [0.2, 0.25) is 0 Å². The van der Waals surface area contributed by atoms with E-state index in [4.69, 9.17) is 14.9 Å². The van der Waals surface area contributed by atoms with Crippen molar-refractivity contribution in [3.05, 3.63) is 30.5 Å². The van der Waals surface area contributed by atoms with Crippen molar-refractivity contribution in [2.75, 3.05) is 36.6 Å². The van der Waals surface area contributed by atoms with Crippen molar-refractivity contribution in [3.63, 3.8) is 0 Å². The van der Waals surface area contributed by atoms with E-state index in [1.165, 1.54) is 6.33 Å². The van der Waals surface area contributed by atoms with Crippen molar-refractivity contribution >= 4 is 17.3 Å². The highest BCUT2D eigenvalue weighted by molar-refractivity contribution is 5.73. The molecule has 0 spiro atoms. The van der Waals surface area contributed by atoms with Crippen LogP contribution in [0.25, 0.3) is 0 Å². The highest BCUT2D eigenvalue weighted by Gasteiger charge is 2.07. The van der Waals surface area contributed by atoms with Crippen LogP contribution in [0.3, 0.4) is 0 Å². The van der Waals surface area contributed by atoms with E-state index in [0.29, 0.717) is 37.0 Å². The molecule has 7 heteroatoms. The Bertz CT molecular complexity index is 501. The Balaban J connectivity index is 1.98. The number of nitrogens with two attached hydrogens (primary N) is 1. The van der Waals surface area contributed by atoms with Gasteiger partial charge in [0.1, 0.15) is 17.8 Å². The highest BCUT2D eigenvalue weighted by atomic mass is 16.5. The number of rotatable bonds is 7. The van der Waals surface area contributed by atoms with Gasteiger partial charge >= 0.3 is 0 Å². The topological polar surface area (TPSA) is 98.2 Å². The van der Waals surface area contributed by atoms with Gasteiger partial charge < -0.3 is 25.5 Å². The van der Waals surface area contributed by atoms with Crippen LogP contribution in [0, 0.1) is 0 Å². The lowest BCUT2D eigenvalue weighted by molar-refractivity contribution is 0.210. The number of nitrogen functional groups attached to an aromatic ring is 1. The molecule has 4 N–H and O–H groups in total. The van der Waals surface area contributed by atoms with Crippen LogP contribution in [0.1, 0.15) is 5.76 Å². The SMILES string of the molecule is COCCNc1ncnc(NCc2ccco2)c1N. The molecule has 2 aromatic heterocycles. The first kappa shape index (κ1) is 13.2.